The van der Waals surface area contributed by atoms with E-state index in [9.17, 15) is 4.79 Å². The van der Waals surface area contributed by atoms with E-state index < -0.39 is 0 Å². The summed E-state index contributed by atoms with van der Waals surface area (Å²) in [5, 5.41) is 2.96. The molecule has 1 aromatic heterocycles. The third kappa shape index (κ3) is 4.05. The molecule has 6 nitrogen and oxygen atoms in total. The molecule has 2 aromatic carbocycles. The van der Waals surface area contributed by atoms with Crippen LogP contribution in [0.5, 0.6) is 11.5 Å². The van der Waals surface area contributed by atoms with Crippen molar-refractivity contribution in [3.05, 3.63) is 47.8 Å². The van der Waals surface area contributed by atoms with E-state index in [2.05, 4.69) is 22.2 Å². The van der Waals surface area contributed by atoms with Gasteiger partial charge >= 0.3 is 0 Å². The normalized spacial score (nSPS) is 12.9. The van der Waals surface area contributed by atoms with Gasteiger partial charge in [0.25, 0.3) is 0 Å². The molecule has 2 heterocycles. The van der Waals surface area contributed by atoms with Gasteiger partial charge in [-0.1, -0.05) is 19.4 Å². The Morgan fingerprint density at radius 3 is 2.85 bits per heavy atom. The fourth-order valence-electron chi connectivity index (χ4n) is 3.19. The Morgan fingerprint density at radius 2 is 2.00 bits per heavy atom. The molecule has 2 N–H and O–H groups in total. The van der Waals surface area contributed by atoms with Crippen molar-refractivity contribution < 1.29 is 14.3 Å². The number of benzene rings is 2. The standard InChI is InChI=1S/C21H23N3O3/c1-2-3-4-20-23-16-7-6-15(13-17(16)24-20)22-21(25)12-14-5-8-18-19(11-14)27-10-9-26-18/h5-8,11,13H,2-4,9-10,12H2,1H3,(H,22,25)(H,23,24). The molecule has 0 saturated heterocycles. The number of nitrogens with zero attached hydrogens (tertiary/aromatic N) is 1. The lowest BCUT2D eigenvalue weighted by Crippen LogP contribution is -2.17. The maximum absolute atomic E-state index is 12.4. The van der Waals surface area contributed by atoms with Crippen LogP contribution in [-0.4, -0.2) is 29.1 Å². The monoisotopic (exact) mass is 365 g/mol. The van der Waals surface area contributed by atoms with Gasteiger partial charge in [0, 0.05) is 12.1 Å². The number of carbonyl (C=O) groups is 1. The number of rotatable bonds is 6. The maximum atomic E-state index is 12.4. The number of aromatic nitrogens is 2. The Bertz CT molecular complexity index is 964. The number of hydrogen-bond donors (Lipinski definition) is 2. The molecule has 0 atom stereocenters. The van der Waals surface area contributed by atoms with E-state index in [0.29, 0.717) is 19.0 Å². The molecule has 1 aliphatic heterocycles. The van der Waals surface area contributed by atoms with Gasteiger partial charge in [0.1, 0.15) is 19.0 Å². The summed E-state index contributed by atoms with van der Waals surface area (Å²) in [6, 6.07) is 11.4. The number of fused-ring (bicyclic) bond motifs is 2. The van der Waals surface area contributed by atoms with Crippen LogP contribution in [0.1, 0.15) is 31.2 Å². The Labute approximate surface area is 157 Å². The summed E-state index contributed by atoms with van der Waals surface area (Å²) in [7, 11) is 0. The van der Waals surface area contributed by atoms with Gasteiger partial charge < -0.3 is 19.8 Å². The molecule has 1 aliphatic rings. The van der Waals surface area contributed by atoms with E-state index in [-0.39, 0.29) is 12.3 Å². The van der Waals surface area contributed by atoms with Gasteiger partial charge in [0.15, 0.2) is 11.5 Å². The van der Waals surface area contributed by atoms with Crippen molar-refractivity contribution in [2.24, 2.45) is 0 Å². The van der Waals surface area contributed by atoms with E-state index in [1.807, 2.05) is 36.4 Å². The fraction of sp³-hybridized carbons (Fsp3) is 0.333. The summed E-state index contributed by atoms with van der Waals surface area (Å²) in [4.78, 5) is 20.3. The Kier molecular flexibility index (Phi) is 4.96. The second-order valence-corrected chi connectivity index (χ2v) is 6.72. The van der Waals surface area contributed by atoms with Crippen LogP contribution in [0.3, 0.4) is 0 Å². The molecule has 140 valence electrons. The van der Waals surface area contributed by atoms with Gasteiger partial charge in [0.05, 0.1) is 17.5 Å². The lowest BCUT2D eigenvalue weighted by molar-refractivity contribution is -0.115. The van der Waals surface area contributed by atoms with Crippen molar-refractivity contribution >= 4 is 22.6 Å². The number of imidazole rings is 1. The number of carbonyl (C=O) groups excluding carboxylic acids is 1. The van der Waals surface area contributed by atoms with E-state index in [0.717, 1.165) is 53.1 Å². The number of anilines is 1. The van der Waals surface area contributed by atoms with Crippen LogP contribution >= 0.6 is 0 Å². The minimum absolute atomic E-state index is 0.0725. The van der Waals surface area contributed by atoms with Gasteiger partial charge in [-0.15, -0.1) is 0 Å². The quantitative estimate of drug-likeness (QED) is 0.695. The predicted octanol–water partition coefficient (Wildman–Crippen LogP) is 3.86. The average Bonchev–Trinajstić information content (AvgIpc) is 3.08. The maximum Gasteiger partial charge on any atom is 0.228 e. The van der Waals surface area contributed by atoms with E-state index >= 15 is 0 Å². The molecule has 0 spiro atoms. The minimum Gasteiger partial charge on any atom is -0.486 e. The smallest absolute Gasteiger partial charge is 0.228 e. The molecule has 27 heavy (non-hydrogen) atoms. The highest BCUT2D eigenvalue weighted by molar-refractivity contribution is 5.94. The first-order valence-corrected chi connectivity index (χ1v) is 9.38. The van der Waals surface area contributed by atoms with Crippen LogP contribution in [0.4, 0.5) is 5.69 Å². The molecule has 0 saturated carbocycles. The largest absolute Gasteiger partial charge is 0.486 e. The van der Waals surface area contributed by atoms with Crippen molar-refractivity contribution in [1.29, 1.82) is 0 Å². The molecule has 4 rings (SSSR count). The molecule has 3 aromatic rings. The molecule has 0 aliphatic carbocycles. The fourth-order valence-corrected chi connectivity index (χ4v) is 3.19. The third-order valence-corrected chi connectivity index (χ3v) is 4.55. The van der Waals surface area contributed by atoms with Gasteiger partial charge in [-0.05, 0) is 42.3 Å². The summed E-state index contributed by atoms with van der Waals surface area (Å²) in [5.74, 6) is 2.35. The van der Waals surface area contributed by atoms with E-state index in [4.69, 9.17) is 9.47 Å². The number of amides is 1. The first-order valence-electron chi connectivity index (χ1n) is 9.38. The predicted molar refractivity (Wildman–Crippen MR) is 104 cm³/mol. The second-order valence-electron chi connectivity index (χ2n) is 6.72. The summed E-state index contributed by atoms with van der Waals surface area (Å²) < 4.78 is 11.1. The zero-order valence-corrected chi connectivity index (χ0v) is 15.4. The highest BCUT2D eigenvalue weighted by Crippen LogP contribution is 2.31. The van der Waals surface area contributed by atoms with E-state index in [1.165, 1.54) is 0 Å². The highest BCUT2D eigenvalue weighted by Gasteiger charge is 2.13. The van der Waals surface area contributed by atoms with Crippen LogP contribution in [0, 0.1) is 0 Å². The number of H-pyrrole nitrogens is 1. The SMILES string of the molecule is CCCCc1nc2ccc(NC(=O)Cc3ccc4c(c3)OCCO4)cc2[nH]1. The van der Waals surface area contributed by atoms with Gasteiger partial charge in [0.2, 0.25) is 5.91 Å². The van der Waals surface area contributed by atoms with Crippen molar-refractivity contribution in [2.75, 3.05) is 18.5 Å². The number of ether oxygens (including phenoxy) is 2. The van der Waals surface area contributed by atoms with Gasteiger partial charge in [-0.25, -0.2) is 4.98 Å². The Hall–Kier alpha value is -3.02. The van der Waals surface area contributed by atoms with Crippen molar-refractivity contribution in [3.63, 3.8) is 0 Å². The molecule has 6 heteroatoms. The molecular weight excluding hydrogens is 342 g/mol. The first-order chi connectivity index (χ1) is 13.2. The van der Waals surface area contributed by atoms with Crippen molar-refractivity contribution in [2.45, 2.75) is 32.6 Å². The lowest BCUT2D eigenvalue weighted by atomic mass is 10.1. The van der Waals surface area contributed by atoms with Crippen LogP contribution in [0.2, 0.25) is 0 Å². The van der Waals surface area contributed by atoms with Crippen molar-refractivity contribution in [1.82, 2.24) is 9.97 Å². The molecule has 0 radical (unpaired) electrons. The number of nitrogens with one attached hydrogen (secondary N) is 2. The number of aryl methyl sites for hydroxylation is 1. The van der Waals surface area contributed by atoms with Crippen LogP contribution in [0.15, 0.2) is 36.4 Å². The average molecular weight is 365 g/mol. The summed E-state index contributed by atoms with van der Waals surface area (Å²) in [6.07, 6.45) is 3.47. The van der Waals surface area contributed by atoms with Crippen molar-refractivity contribution in [3.8, 4) is 11.5 Å². The summed E-state index contributed by atoms with van der Waals surface area (Å²) in [6.45, 7) is 3.26. The van der Waals surface area contributed by atoms with E-state index in [1.54, 1.807) is 0 Å². The molecule has 0 fully saturated rings. The van der Waals surface area contributed by atoms with Crippen LogP contribution in [-0.2, 0) is 17.6 Å². The van der Waals surface area contributed by atoms with Crippen LogP contribution < -0.4 is 14.8 Å². The van der Waals surface area contributed by atoms with Gasteiger partial charge in [-0.3, -0.25) is 4.79 Å². The first kappa shape index (κ1) is 17.4. The zero-order valence-electron chi connectivity index (χ0n) is 15.4. The number of unbranched alkanes of at least 4 members (excludes halogenated alkanes) is 1. The minimum atomic E-state index is -0.0725. The highest BCUT2D eigenvalue weighted by atomic mass is 16.6. The van der Waals surface area contributed by atoms with Crippen LogP contribution in [0.25, 0.3) is 11.0 Å². The number of aromatic amines is 1. The Balaban J connectivity index is 1.43. The molecular formula is C21H23N3O3. The number of hydrogen-bond acceptors (Lipinski definition) is 4. The van der Waals surface area contributed by atoms with Gasteiger partial charge in [-0.2, -0.15) is 0 Å². The summed E-state index contributed by atoms with van der Waals surface area (Å²) in [5.41, 5.74) is 3.51. The second kappa shape index (κ2) is 7.70. The zero-order chi connectivity index (χ0) is 18.6. The lowest BCUT2D eigenvalue weighted by Gasteiger charge is -2.18. The molecule has 0 unspecified atom stereocenters. The molecule has 0 bridgehead atoms. The third-order valence-electron chi connectivity index (χ3n) is 4.55. The summed E-state index contributed by atoms with van der Waals surface area (Å²) >= 11 is 0. The Morgan fingerprint density at radius 1 is 1.15 bits per heavy atom. The molecule has 1 amide bonds. The topological polar surface area (TPSA) is 76.2 Å².